The molecule has 1 unspecified atom stereocenters. The van der Waals surface area contributed by atoms with Gasteiger partial charge in [-0.2, -0.15) is 0 Å². The Labute approximate surface area is 157 Å². The van der Waals surface area contributed by atoms with Gasteiger partial charge in [-0.25, -0.2) is 4.79 Å². The van der Waals surface area contributed by atoms with Gasteiger partial charge < -0.3 is 15.3 Å². The van der Waals surface area contributed by atoms with Gasteiger partial charge in [-0.1, -0.05) is 29.8 Å². The zero-order chi connectivity index (χ0) is 19.4. The van der Waals surface area contributed by atoms with Crippen molar-refractivity contribution in [3.8, 4) is 0 Å². The molecule has 1 fully saturated rings. The quantitative estimate of drug-likeness (QED) is 0.870. The number of amides is 2. The van der Waals surface area contributed by atoms with E-state index >= 15 is 0 Å². The summed E-state index contributed by atoms with van der Waals surface area (Å²) in [6.07, 6.45) is 1.40. The Morgan fingerprint density at radius 2 is 1.85 bits per heavy atom. The summed E-state index contributed by atoms with van der Waals surface area (Å²) in [6, 6.07) is 13.9. The first-order valence-corrected chi connectivity index (χ1v) is 8.95. The van der Waals surface area contributed by atoms with E-state index in [-0.39, 0.29) is 29.0 Å². The average molecular weight is 366 g/mol. The monoisotopic (exact) mass is 366 g/mol. The summed E-state index contributed by atoms with van der Waals surface area (Å²) in [6.45, 7) is 2.74. The van der Waals surface area contributed by atoms with Crippen LogP contribution in [0.3, 0.4) is 0 Å². The average Bonchev–Trinajstić information content (AvgIpc) is 2.69. The molecule has 1 heterocycles. The zero-order valence-corrected chi connectivity index (χ0v) is 15.1. The van der Waals surface area contributed by atoms with Crippen molar-refractivity contribution in [3.63, 3.8) is 0 Å². The van der Waals surface area contributed by atoms with Crippen LogP contribution in [0.25, 0.3) is 0 Å². The Morgan fingerprint density at radius 3 is 2.56 bits per heavy atom. The molecular weight excluding hydrogens is 344 g/mol. The van der Waals surface area contributed by atoms with Crippen LogP contribution >= 0.6 is 0 Å². The summed E-state index contributed by atoms with van der Waals surface area (Å²) in [5.41, 5.74) is 1.76. The number of nitrogens with one attached hydrogen (secondary N) is 1. The molecule has 1 aliphatic rings. The van der Waals surface area contributed by atoms with Crippen LogP contribution in [0, 0.1) is 12.8 Å². The Balaban J connectivity index is 1.71. The van der Waals surface area contributed by atoms with Gasteiger partial charge in [0.15, 0.2) is 0 Å². The molecular formula is C21H22N2O4. The number of piperidine rings is 1. The Morgan fingerprint density at radius 1 is 1.11 bits per heavy atom. The molecule has 0 radical (unpaired) electrons. The van der Waals surface area contributed by atoms with Crippen LogP contribution < -0.4 is 5.32 Å². The standard InChI is InChI=1S/C21H22N2O4/c1-14-9-10-18(17(12-14)21(26)27)22-19(24)16-8-5-11-23(13-16)20(25)15-6-3-2-4-7-15/h2-4,6-7,9-10,12,16H,5,8,11,13H2,1H3,(H,22,24)(H,26,27). The van der Waals surface area contributed by atoms with E-state index in [0.29, 0.717) is 25.1 Å². The third-order valence-corrected chi connectivity index (χ3v) is 4.76. The van der Waals surface area contributed by atoms with Crippen molar-refractivity contribution in [1.29, 1.82) is 0 Å². The summed E-state index contributed by atoms with van der Waals surface area (Å²) >= 11 is 0. The predicted molar refractivity (Wildman–Crippen MR) is 102 cm³/mol. The van der Waals surface area contributed by atoms with Gasteiger partial charge in [0.1, 0.15) is 0 Å². The molecule has 1 aliphatic heterocycles. The summed E-state index contributed by atoms with van der Waals surface area (Å²) in [5.74, 6) is -1.80. The van der Waals surface area contributed by atoms with E-state index in [1.807, 2.05) is 18.2 Å². The predicted octanol–water partition coefficient (Wildman–Crippen LogP) is 3.18. The number of likely N-dealkylation sites (tertiary alicyclic amines) is 1. The molecule has 6 nitrogen and oxygen atoms in total. The third kappa shape index (κ3) is 4.34. The number of benzene rings is 2. The van der Waals surface area contributed by atoms with Gasteiger partial charge in [0.2, 0.25) is 5.91 Å². The van der Waals surface area contributed by atoms with Crippen molar-refractivity contribution >= 4 is 23.5 Å². The minimum absolute atomic E-state index is 0.0661. The van der Waals surface area contributed by atoms with Gasteiger partial charge in [-0.15, -0.1) is 0 Å². The maximum Gasteiger partial charge on any atom is 0.337 e. The second kappa shape index (κ2) is 8.03. The minimum atomic E-state index is -1.08. The maximum absolute atomic E-state index is 12.7. The fourth-order valence-electron chi connectivity index (χ4n) is 3.32. The van der Waals surface area contributed by atoms with Crippen molar-refractivity contribution < 1.29 is 19.5 Å². The van der Waals surface area contributed by atoms with E-state index in [9.17, 15) is 19.5 Å². The van der Waals surface area contributed by atoms with Gasteiger partial charge in [-0.05, 0) is 44.0 Å². The van der Waals surface area contributed by atoms with E-state index in [1.54, 1.807) is 36.1 Å². The van der Waals surface area contributed by atoms with Gasteiger partial charge in [0, 0.05) is 18.7 Å². The number of aromatic carboxylic acids is 1. The fraction of sp³-hybridized carbons (Fsp3) is 0.286. The second-order valence-electron chi connectivity index (χ2n) is 6.80. The van der Waals surface area contributed by atoms with Crippen LogP contribution in [0.5, 0.6) is 0 Å². The highest BCUT2D eigenvalue weighted by atomic mass is 16.4. The molecule has 1 atom stereocenters. The number of carbonyl (C=O) groups excluding carboxylic acids is 2. The lowest BCUT2D eigenvalue weighted by Gasteiger charge is -2.32. The number of rotatable bonds is 4. The molecule has 6 heteroatoms. The minimum Gasteiger partial charge on any atom is -0.478 e. The number of anilines is 1. The lowest BCUT2D eigenvalue weighted by Crippen LogP contribution is -2.43. The smallest absolute Gasteiger partial charge is 0.337 e. The van der Waals surface area contributed by atoms with Crippen molar-refractivity contribution in [3.05, 3.63) is 65.2 Å². The number of carbonyl (C=O) groups is 3. The molecule has 3 rings (SSSR count). The topological polar surface area (TPSA) is 86.7 Å². The number of carboxylic acid groups (broad SMARTS) is 1. The number of carboxylic acids is 1. The highest BCUT2D eigenvalue weighted by Gasteiger charge is 2.29. The molecule has 140 valence electrons. The normalized spacial score (nSPS) is 16.6. The number of aryl methyl sites for hydroxylation is 1. The van der Waals surface area contributed by atoms with Gasteiger partial charge in [0.05, 0.1) is 17.2 Å². The molecule has 2 aromatic rings. The summed E-state index contributed by atoms with van der Waals surface area (Å²) in [5, 5.41) is 12.1. The molecule has 2 amide bonds. The molecule has 27 heavy (non-hydrogen) atoms. The highest BCUT2D eigenvalue weighted by molar-refractivity contribution is 6.01. The lowest BCUT2D eigenvalue weighted by atomic mass is 9.96. The van der Waals surface area contributed by atoms with Crippen molar-refractivity contribution in [2.75, 3.05) is 18.4 Å². The summed E-state index contributed by atoms with van der Waals surface area (Å²) in [7, 11) is 0. The van der Waals surface area contributed by atoms with Crippen molar-refractivity contribution in [1.82, 2.24) is 4.90 Å². The zero-order valence-electron chi connectivity index (χ0n) is 15.1. The molecule has 2 N–H and O–H groups in total. The molecule has 2 aromatic carbocycles. The van der Waals surface area contributed by atoms with E-state index < -0.39 is 5.97 Å². The van der Waals surface area contributed by atoms with Gasteiger partial charge in [0.25, 0.3) is 5.91 Å². The highest BCUT2D eigenvalue weighted by Crippen LogP contribution is 2.23. The van der Waals surface area contributed by atoms with Crippen LogP contribution in [0.4, 0.5) is 5.69 Å². The fourth-order valence-corrected chi connectivity index (χ4v) is 3.32. The molecule has 0 spiro atoms. The SMILES string of the molecule is Cc1ccc(NC(=O)C2CCCN(C(=O)c3ccccc3)C2)c(C(=O)O)c1. The van der Waals surface area contributed by atoms with Crippen LogP contribution in [-0.4, -0.2) is 40.9 Å². The first kappa shape index (κ1) is 18.6. The molecule has 0 saturated carbocycles. The second-order valence-corrected chi connectivity index (χ2v) is 6.80. The maximum atomic E-state index is 12.7. The van der Waals surface area contributed by atoms with Gasteiger partial charge in [-0.3, -0.25) is 9.59 Å². The summed E-state index contributed by atoms with van der Waals surface area (Å²) in [4.78, 5) is 38.4. The van der Waals surface area contributed by atoms with E-state index in [2.05, 4.69) is 5.32 Å². The van der Waals surface area contributed by atoms with Gasteiger partial charge >= 0.3 is 5.97 Å². The molecule has 0 bridgehead atoms. The molecule has 0 aromatic heterocycles. The third-order valence-electron chi connectivity index (χ3n) is 4.76. The van der Waals surface area contributed by atoms with E-state index in [0.717, 1.165) is 12.0 Å². The van der Waals surface area contributed by atoms with Crippen LogP contribution in [-0.2, 0) is 4.79 Å². The van der Waals surface area contributed by atoms with E-state index in [4.69, 9.17) is 0 Å². The van der Waals surface area contributed by atoms with Crippen molar-refractivity contribution in [2.45, 2.75) is 19.8 Å². The Hall–Kier alpha value is -3.15. The van der Waals surface area contributed by atoms with Crippen LogP contribution in [0.1, 0.15) is 39.1 Å². The first-order valence-electron chi connectivity index (χ1n) is 8.95. The summed E-state index contributed by atoms with van der Waals surface area (Å²) < 4.78 is 0. The molecule has 1 saturated heterocycles. The van der Waals surface area contributed by atoms with Crippen LogP contribution in [0.2, 0.25) is 0 Å². The van der Waals surface area contributed by atoms with Crippen LogP contribution in [0.15, 0.2) is 48.5 Å². The first-order chi connectivity index (χ1) is 13.0. The largest absolute Gasteiger partial charge is 0.478 e. The Kier molecular flexibility index (Phi) is 5.54. The molecule has 0 aliphatic carbocycles. The van der Waals surface area contributed by atoms with Crippen molar-refractivity contribution in [2.24, 2.45) is 5.92 Å². The van der Waals surface area contributed by atoms with E-state index in [1.165, 1.54) is 6.07 Å². The number of hydrogen-bond acceptors (Lipinski definition) is 3. The number of hydrogen-bond donors (Lipinski definition) is 2. The number of nitrogens with zero attached hydrogens (tertiary/aromatic N) is 1. The Bertz CT molecular complexity index is 864. The lowest BCUT2D eigenvalue weighted by molar-refractivity contribution is -0.121.